The first kappa shape index (κ1) is 11.2. The highest BCUT2D eigenvalue weighted by atomic mass is 79.9. The van der Waals surface area contributed by atoms with E-state index >= 15 is 0 Å². The molecule has 14 heavy (non-hydrogen) atoms. The van der Waals surface area contributed by atoms with Crippen LogP contribution in [0.3, 0.4) is 0 Å². The molecule has 0 radical (unpaired) electrons. The Morgan fingerprint density at radius 1 is 1.57 bits per heavy atom. The third-order valence-corrected chi connectivity index (χ3v) is 2.58. The number of carbonyl (C=O) groups excluding carboxylic acids is 1. The van der Waals surface area contributed by atoms with Gasteiger partial charge in [-0.2, -0.15) is 5.10 Å². The van der Waals surface area contributed by atoms with Crippen molar-refractivity contribution in [2.45, 2.75) is 26.3 Å². The number of rotatable bonds is 1. The van der Waals surface area contributed by atoms with Gasteiger partial charge in [0.15, 0.2) is 0 Å². The standard InChI is InChI=1S/C9H14BrN3O/c1-9(2,3)13-7(10)6(5-12-13)8(14)11-4/h5H,1-4H3,(H,11,14). The van der Waals surface area contributed by atoms with Crippen LogP contribution in [-0.2, 0) is 5.54 Å². The Morgan fingerprint density at radius 3 is 2.50 bits per heavy atom. The molecule has 0 atom stereocenters. The summed E-state index contributed by atoms with van der Waals surface area (Å²) in [7, 11) is 1.60. The Bertz CT molecular complexity index is 351. The van der Waals surface area contributed by atoms with Crippen molar-refractivity contribution < 1.29 is 4.79 Å². The van der Waals surface area contributed by atoms with Gasteiger partial charge >= 0.3 is 0 Å². The molecule has 0 fully saturated rings. The van der Waals surface area contributed by atoms with Gasteiger partial charge < -0.3 is 5.32 Å². The highest BCUT2D eigenvalue weighted by Gasteiger charge is 2.21. The van der Waals surface area contributed by atoms with E-state index in [1.165, 1.54) is 0 Å². The van der Waals surface area contributed by atoms with Crippen LogP contribution in [-0.4, -0.2) is 22.7 Å². The predicted molar refractivity (Wildman–Crippen MR) is 58.3 cm³/mol. The molecule has 0 aromatic carbocycles. The molecule has 0 spiro atoms. The van der Waals surface area contributed by atoms with E-state index in [2.05, 4.69) is 26.3 Å². The Balaban J connectivity index is 3.15. The summed E-state index contributed by atoms with van der Waals surface area (Å²) in [6.07, 6.45) is 1.56. The largest absolute Gasteiger partial charge is 0.355 e. The number of nitrogens with one attached hydrogen (secondary N) is 1. The van der Waals surface area contributed by atoms with Crippen LogP contribution < -0.4 is 5.32 Å². The van der Waals surface area contributed by atoms with Crippen LogP contribution in [0.5, 0.6) is 0 Å². The maximum atomic E-state index is 11.4. The summed E-state index contributed by atoms with van der Waals surface area (Å²) in [6.45, 7) is 6.08. The minimum absolute atomic E-state index is 0.132. The summed E-state index contributed by atoms with van der Waals surface area (Å²) >= 11 is 3.37. The van der Waals surface area contributed by atoms with Crippen LogP contribution in [0.1, 0.15) is 31.1 Å². The summed E-state index contributed by atoms with van der Waals surface area (Å²) < 4.78 is 2.49. The second kappa shape index (κ2) is 3.73. The maximum Gasteiger partial charge on any atom is 0.255 e. The molecule has 1 rings (SSSR count). The number of hydrogen-bond donors (Lipinski definition) is 1. The first-order valence-electron chi connectivity index (χ1n) is 4.34. The van der Waals surface area contributed by atoms with Gasteiger partial charge in [-0.1, -0.05) is 0 Å². The molecule has 1 aromatic heterocycles. The fraction of sp³-hybridized carbons (Fsp3) is 0.556. The lowest BCUT2D eigenvalue weighted by atomic mass is 10.1. The minimum Gasteiger partial charge on any atom is -0.355 e. The summed E-state index contributed by atoms with van der Waals surface area (Å²) in [5.74, 6) is -0.132. The Labute approximate surface area is 91.8 Å². The molecular formula is C9H14BrN3O. The molecule has 0 saturated carbocycles. The molecule has 1 aromatic rings. The number of hydrogen-bond acceptors (Lipinski definition) is 2. The summed E-state index contributed by atoms with van der Waals surface area (Å²) in [5.41, 5.74) is 0.424. The molecule has 0 bridgehead atoms. The zero-order valence-corrected chi connectivity index (χ0v) is 10.3. The van der Waals surface area contributed by atoms with Gasteiger partial charge in [0, 0.05) is 7.05 Å². The summed E-state index contributed by atoms with van der Waals surface area (Å²) in [6, 6.07) is 0. The van der Waals surface area contributed by atoms with E-state index in [0.717, 1.165) is 0 Å². The van der Waals surface area contributed by atoms with Crippen LogP contribution in [0.15, 0.2) is 10.8 Å². The van der Waals surface area contributed by atoms with Gasteiger partial charge in [0.25, 0.3) is 5.91 Å². The third kappa shape index (κ3) is 1.97. The number of halogens is 1. The van der Waals surface area contributed by atoms with E-state index in [0.29, 0.717) is 10.2 Å². The van der Waals surface area contributed by atoms with Gasteiger partial charge in [-0.25, -0.2) is 0 Å². The molecule has 78 valence electrons. The molecule has 0 saturated heterocycles. The number of carbonyl (C=O) groups is 1. The zero-order valence-electron chi connectivity index (χ0n) is 8.76. The quantitative estimate of drug-likeness (QED) is 0.836. The van der Waals surface area contributed by atoms with Gasteiger partial charge in [0.05, 0.1) is 17.3 Å². The van der Waals surface area contributed by atoms with Crippen molar-refractivity contribution in [3.8, 4) is 0 Å². The molecule has 1 heterocycles. The first-order valence-corrected chi connectivity index (χ1v) is 5.13. The molecule has 5 heteroatoms. The second-order valence-electron chi connectivity index (χ2n) is 4.01. The van der Waals surface area contributed by atoms with Crippen LogP contribution in [0, 0.1) is 0 Å². The smallest absolute Gasteiger partial charge is 0.255 e. The van der Waals surface area contributed by atoms with Crippen LogP contribution in [0.25, 0.3) is 0 Å². The van der Waals surface area contributed by atoms with Crippen LogP contribution in [0.4, 0.5) is 0 Å². The van der Waals surface area contributed by atoms with Crippen molar-refractivity contribution in [3.63, 3.8) is 0 Å². The van der Waals surface area contributed by atoms with Crippen LogP contribution in [0.2, 0.25) is 0 Å². The van der Waals surface area contributed by atoms with Crippen molar-refractivity contribution >= 4 is 21.8 Å². The fourth-order valence-electron chi connectivity index (χ4n) is 1.09. The predicted octanol–water partition coefficient (Wildman–Crippen LogP) is 1.76. The summed E-state index contributed by atoms with van der Waals surface area (Å²) in [5, 5.41) is 6.73. The molecule has 0 unspecified atom stereocenters. The minimum atomic E-state index is -0.134. The topological polar surface area (TPSA) is 46.9 Å². The van der Waals surface area contributed by atoms with Gasteiger partial charge in [0.2, 0.25) is 0 Å². The van der Waals surface area contributed by atoms with Crippen molar-refractivity contribution in [1.29, 1.82) is 0 Å². The Kier molecular flexibility index (Phi) is 2.99. The molecular weight excluding hydrogens is 246 g/mol. The van der Waals surface area contributed by atoms with E-state index < -0.39 is 0 Å². The van der Waals surface area contributed by atoms with E-state index in [1.54, 1.807) is 17.9 Å². The molecule has 0 aliphatic rings. The Hall–Kier alpha value is -0.840. The summed E-state index contributed by atoms with van der Waals surface area (Å²) in [4.78, 5) is 11.4. The van der Waals surface area contributed by atoms with E-state index in [-0.39, 0.29) is 11.4 Å². The van der Waals surface area contributed by atoms with E-state index in [9.17, 15) is 4.79 Å². The van der Waals surface area contributed by atoms with Crippen molar-refractivity contribution in [2.24, 2.45) is 0 Å². The van der Waals surface area contributed by atoms with Crippen molar-refractivity contribution in [3.05, 3.63) is 16.4 Å². The lowest BCUT2D eigenvalue weighted by Gasteiger charge is -2.20. The SMILES string of the molecule is CNC(=O)c1cnn(C(C)(C)C)c1Br. The highest BCUT2D eigenvalue weighted by molar-refractivity contribution is 9.10. The lowest BCUT2D eigenvalue weighted by molar-refractivity contribution is 0.0962. The molecule has 0 aliphatic heterocycles. The number of amides is 1. The van der Waals surface area contributed by atoms with E-state index in [4.69, 9.17) is 0 Å². The normalized spacial score (nSPS) is 11.5. The molecule has 1 amide bonds. The van der Waals surface area contributed by atoms with Gasteiger partial charge in [0.1, 0.15) is 4.60 Å². The Morgan fingerprint density at radius 2 is 2.14 bits per heavy atom. The number of aromatic nitrogens is 2. The maximum absolute atomic E-state index is 11.4. The van der Waals surface area contributed by atoms with Crippen molar-refractivity contribution in [1.82, 2.24) is 15.1 Å². The average Bonchev–Trinajstić information content (AvgIpc) is 2.45. The van der Waals surface area contributed by atoms with Crippen molar-refractivity contribution in [2.75, 3.05) is 7.05 Å². The monoisotopic (exact) mass is 259 g/mol. The fourth-order valence-corrected chi connectivity index (χ4v) is 1.99. The van der Waals surface area contributed by atoms with Gasteiger partial charge in [-0.3, -0.25) is 9.48 Å². The first-order chi connectivity index (χ1) is 6.38. The van der Waals surface area contributed by atoms with Crippen LogP contribution >= 0.6 is 15.9 Å². The third-order valence-electron chi connectivity index (χ3n) is 1.82. The molecule has 0 aliphatic carbocycles. The molecule has 1 N–H and O–H groups in total. The van der Waals surface area contributed by atoms with E-state index in [1.807, 2.05) is 20.8 Å². The van der Waals surface area contributed by atoms with Gasteiger partial charge in [-0.15, -0.1) is 0 Å². The van der Waals surface area contributed by atoms with Gasteiger partial charge in [-0.05, 0) is 36.7 Å². The second-order valence-corrected chi connectivity index (χ2v) is 4.76. The average molecular weight is 260 g/mol. The number of nitrogens with zero attached hydrogens (tertiary/aromatic N) is 2. The lowest BCUT2D eigenvalue weighted by Crippen LogP contribution is -2.24. The highest BCUT2D eigenvalue weighted by Crippen LogP contribution is 2.23. The zero-order chi connectivity index (χ0) is 10.9. The molecule has 4 nitrogen and oxygen atoms in total.